The lowest BCUT2D eigenvalue weighted by molar-refractivity contribution is 0.475. The third-order valence-corrected chi connectivity index (χ3v) is 2.30. The highest BCUT2D eigenvalue weighted by Crippen LogP contribution is 2.21. The molecule has 0 saturated carbocycles. The van der Waals surface area contributed by atoms with Crippen molar-refractivity contribution in [3.63, 3.8) is 0 Å². The molecule has 0 amide bonds. The van der Waals surface area contributed by atoms with Crippen LogP contribution in [0.3, 0.4) is 0 Å². The van der Waals surface area contributed by atoms with E-state index in [0.717, 1.165) is 24.2 Å². The highest BCUT2D eigenvalue weighted by Gasteiger charge is 2.05. The largest absolute Gasteiger partial charge is 0.508 e. The number of hydrogen-bond acceptors (Lipinski definition) is 4. The minimum Gasteiger partial charge on any atom is -0.508 e. The molecule has 2 rings (SSSR count). The van der Waals surface area contributed by atoms with E-state index in [1.54, 1.807) is 30.5 Å². The zero-order valence-electron chi connectivity index (χ0n) is 8.89. The highest BCUT2D eigenvalue weighted by molar-refractivity contribution is 5.54. The average molecular weight is 218 g/mol. The Hall–Kier alpha value is -1.81. The van der Waals surface area contributed by atoms with Gasteiger partial charge >= 0.3 is 0 Å². The lowest BCUT2D eigenvalue weighted by Gasteiger charge is -1.96. The summed E-state index contributed by atoms with van der Waals surface area (Å²) in [6.07, 6.45) is 3.42. The van der Waals surface area contributed by atoms with Crippen LogP contribution in [0.1, 0.15) is 12.2 Å². The molecule has 0 spiro atoms. The van der Waals surface area contributed by atoms with Gasteiger partial charge in [0.1, 0.15) is 11.5 Å². The number of oxazole rings is 1. The highest BCUT2D eigenvalue weighted by atomic mass is 16.4. The van der Waals surface area contributed by atoms with E-state index in [0.29, 0.717) is 12.4 Å². The number of aromatic nitrogens is 1. The molecule has 0 saturated heterocycles. The Balaban J connectivity index is 2.15. The standard InChI is InChI=1S/C12H14N2O2/c13-7-1-2-11-8-14-12(16-11)9-3-5-10(15)6-4-9/h3-6,8,15H,1-2,7,13H2. The van der Waals surface area contributed by atoms with Crippen LogP contribution in [-0.4, -0.2) is 16.6 Å². The summed E-state index contributed by atoms with van der Waals surface area (Å²) < 4.78 is 5.56. The fourth-order valence-corrected chi connectivity index (χ4v) is 1.44. The number of hydrogen-bond donors (Lipinski definition) is 2. The molecular weight excluding hydrogens is 204 g/mol. The van der Waals surface area contributed by atoms with Crippen molar-refractivity contribution in [2.24, 2.45) is 5.73 Å². The third kappa shape index (κ3) is 2.41. The molecule has 0 atom stereocenters. The summed E-state index contributed by atoms with van der Waals surface area (Å²) in [5, 5.41) is 9.16. The van der Waals surface area contributed by atoms with Gasteiger partial charge < -0.3 is 15.3 Å². The SMILES string of the molecule is NCCCc1cnc(-c2ccc(O)cc2)o1. The van der Waals surface area contributed by atoms with E-state index >= 15 is 0 Å². The summed E-state index contributed by atoms with van der Waals surface area (Å²) in [6, 6.07) is 6.76. The van der Waals surface area contributed by atoms with E-state index in [2.05, 4.69) is 4.98 Å². The van der Waals surface area contributed by atoms with Crippen LogP contribution < -0.4 is 5.73 Å². The number of phenolic OH excluding ortho intramolecular Hbond substituents is 1. The number of nitrogens with zero attached hydrogens (tertiary/aromatic N) is 1. The fourth-order valence-electron chi connectivity index (χ4n) is 1.44. The number of phenols is 1. The van der Waals surface area contributed by atoms with Gasteiger partial charge in [0.25, 0.3) is 0 Å². The van der Waals surface area contributed by atoms with Crippen LogP contribution in [0, 0.1) is 0 Å². The van der Waals surface area contributed by atoms with Gasteiger partial charge in [0.15, 0.2) is 0 Å². The molecule has 0 unspecified atom stereocenters. The van der Waals surface area contributed by atoms with Gasteiger partial charge in [0.2, 0.25) is 5.89 Å². The van der Waals surface area contributed by atoms with Crippen LogP contribution in [0.5, 0.6) is 5.75 Å². The summed E-state index contributed by atoms with van der Waals surface area (Å²) >= 11 is 0. The molecule has 0 radical (unpaired) electrons. The molecule has 16 heavy (non-hydrogen) atoms. The van der Waals surface area contributed by atoms with Gasteiger partial charge in [-0.3, -0.25) is 0 Å². The van der Waals surface area contributed by atoms with Crippen LogP contribution in [0.15, 0.2) is 34.9 Å². The van der Waals surface area contributed by atoms with E-state index < -0.39 is 0 Å². The Morgan fingerprint density at radius 1 is 1.25 bits per heavy atom. The molecule has 4 heteroatoms. The molecule has 4 nitrogen and oxygen atoms in total. The first kappa shape index (κ1) is 10.7. The van der Waals surface area contributed by atoms with Gasteiger partial charge in [-0.05, 0) is 37.2 Å². The van der Waals surface area contributed by atoms with Crippen LogP contribution in [0.4, 0.5) is 0 Å². The molecule has 1 aromatic heterocycles. The van der Waals surface area contributed by atoms with Crippen molar-refractivity contribution >= 4 is 0 Å². The molecule has 1 heterocycles. The molecule has 84 valence electrons. The Morgan fingerprint density at radius 2 is 2.00 bits per heavy atom. The van der Waals surface area contributed by atoms with Gasteiger partial charge in [0.05, 0.1) is 6.20 Å². The molecule has 3 N–H and O–H groups in total. The van der Waals surface area contributed by atoms with E-state index in [-0.39, 0.29) is 5.75 Å². The minimum atomic E-state index is 0.235. The van der Waals surface area contributed by atoms with Crippen molar-refractivity contribution in [2.45, 2.75) is 12.8 Å². The Morgan fingerprint density at radius 3 is 2.69 bits per heavy atom. The van der Waals surface area contributed by atoms with Crippen molar-refractivity contribution < 1.29 is 9.52 Å². The molecule has 0 bridgehead atoms. The maximum Gasteiger partial charge on any atom is 0.226 e. The fraction of sp³-hybridized carbons (Fsp3) is 0.250. The summed E-state index contributed by atoms with van der Waals surface area (Å²) in [4.78, 5) is 4.18. The molecular formula is C12H14N2O2. The lowest BCUT2D eigenvalue weighted by atomic mass is 10.2. The molecule has 0 fully saturated rings. The smallest absolute Gasteiger partial charge is 0.226 e. The Labute approximate surface area is 93.7 Å². The maximum atomic E-state index is 9.16. The van der Waals surface area contributed by atoms with Gasteiger partial charge in [-0.15, -0.1) is 0 Å². The van der Waals surface area contributed by atoms with E-state index in [9.17, 15) is 0 Å². The quantitative estimate of drug-likeness (QED) is 0.822. The van der Waals surface area contributed by atoms with Crippen LogP contribution in [0.2, 0.25) is 0 Å². The molecule has 0 aliphatic carbocycles. The first-order valence-electron chi connectivity index (χ1n) is 5.24. The molecule has 2 aromatic rings. The van der Waals surface area contributed by atoms with Crippen molar-refractivity contribution in [1.29, 1.82) is 0 Å². The summed E-state index contributed by atoms with van der Waals surface area (Å²) in [5.74, 6) is 1.65. The second-order valence-corrected chi connectivity index (χ2v) is 3.57. The van der Waals surface area contributed by atoms with E-state index in [1.165, 1.54) is 0 Å². The molecule has 1 aromatic carbocycles. The molecule has 0 aliphatic rings. The van der Waals surface area contributed by atoms with Crippen molar-refractivity contribution in [1.82, 2.24) is 4.98 Å². The lowest BCUT2D eigenvalue weighted by Crippen LogP contribution is -1.99. The monoisotopic (exact) mass is 218 g/mol. The van der Waals surface area contributed by atoms with E-state index in [1.807, 2.05) is 0 Å². The second-order valence-electron chi connectivity index (χ2n) is 3.57. The Bertz CT molecular complexity index is 448. The van der Waals surface area contributed by atoms with E-state index in [4.69, 9.17) is 15.3 Å². The van der Waals surface area contributed by atoms with Crippen LogP contribution >= 0.6 is 0 Å². The van der Waals surface area contributed by atoms with Gasteiger partial charge in [-0.25, -0.2) is 4.98 Å². The predicted octanol–water partition coefficient (Wildman–Crippen LogP) is 1.94. The zero-order chi connectivity index (χ0) is 11.4. The first-order valence-corrected chi connectivity index (χ1v) is 5.24. The van der Waals surface area contributed by atoms with Crippen molar-refractivity contribution in [3.05, 3.63) is 36.2 Å². The zero-order valence-corrected chi connectivity index (χ0v) is 8.89. The summed E-state index contributed by atoms with van der Waals surface area (Å²) in [7, 11) is 0. The first-order chi connectivity index (χ1) is 7.79. The number of aryl methyl sites for hydroxylation is 1. The topological polar surface area (TPSA) is 72.3 Å². The number of aromatic hydroxyl groups is 1. The summed E-state index contributed by atoms with van der Waals surface area (Å²) in [5.41, 5.74) is 6.28. The average Bonchev–Trinajstić information content (AvgIpc) is 2.76. The number of benzene rings is 1. The number of nitrogens with two attached hydrogens (primary N) is 1. The van der Waals surface area contributed by atoms with Gasteiger partial charge in [-0.1, -0.05) is 0 Å². The predicted molar refractivity (Wildman–Crippen MR) is 61.0 cm³/mol. The normalized spacial score (nSPS) is 10.6. The van der Waals surface area contributed by atoms with Crippen LogP contribution in [-0.2, 0) is 6.42 Å². The Kier molecular flexibility index (Phi) is 3.22. The second kappa shape index (κ2) is 4.81. The molecule has 0 aliphatic heterocycles. The minimum absolute atomic E-state index is 0.235. The maximum absolute atomic E-state index is 9.16. The third-order valence-electron chi connectivity index (χ3n) is 2.30. The summed E-state index contributed by atoms with van der Waals surface area (Å²) in [6.45, 7) is 0.648. The van der Waals surface area contributed by atoms with Crippen molar-refractivity contribution in [3.8, 4) is 17.2 Å². The van der Waals surface area contributed by atoms with Crippen molar-refractivity contribution in [2.75, 3.05) is 6.54 Å². The van der Waals surface area contributed by atoms with Gasteiger partial charge in [0, 0.05) is 12.0 Å². The van der Waals surface area contributed by atoms with Crippen LogP contribution in [0.25, 0.3) is 11.5 Å². The van der Waals surface area contributed by atoms with Gasteiger partial charge in [-0.2, -0.15) is 0 Å². The number of rotatable bonds is 4.